The van der Waals surface area contributed by atoms with E-state index in [1.54, 1.807) is 31.1 Å². The minimum atomic E-state index is -3.52. The van der Waals surface area contributed by atoms with E-state index in [0.717, 1.165) is 5.75 Å². The molecule has 1 aromatic rings. The Labute approximate surface area is 119 Å². The van der Waals surface area contributed by atoms with Crippen molar-refractivity contribution < 1.29 is 8.42 Å². The van der Waals surface area contributed by atoms with Crippen LogP contribution in [0.4, 0.5) is 5.69 Å². The fourth-order valence-corrected chi connectivity index (χ4v) is 3.93. The monoisotopic (exact) mass is 303 g/mol. The molecule has 1 N–H and O–H groups in total. The average Bonchev–Trinajstić information content (AvgIpc) is 2.39. The summed E-state index contributed by atoms with van der Waals surface area (Å²) in [7, 11) is -1.91. The number of sulfonamides is 1. The largest absolute Gasteiger partial charge is 0.384 e. The molecule has 0 saturated heterocycles. The Morgan fingerprint density at radius 3 is 2.79 bits per heavy atom. The molecule has 1 heterocycles. The predicted molar refractivity (Wildman–Crippen MR) is 81.2 cm³/mol. The molecule has 5 nitrogen and oxygen atoms in total. The van der Waals surface area contributed by atoms with Gasteiger partial charge < -0.3 is 5.32 Å². The first kappa shape index (κ1) is 16.3. The lowest BCUT2D eigenvalue weighted by molar-refractivity contribution is 0.415. The number of nitrogens with one attached hydrogen (secondary N) is 1. The highest BCUT2D eigenvalue weighted by Gasteiger charge is 2.27. The fourth-order valence-electron chi connectivity index (χ4n) is 1.66. The molecule has 0 aliphatic rings. The van der Waals surface area contributed by atoms with Crippen LogP contribution in [0.15, 0.2) is 23.4 Å². The van der Waals surface area contributed by atoms with Crippen molar-refractivity contribution in [1.29, 1.82) is 0 Å². The second-order valence-electron chi connectivity index (χ2n) is 4.23. The Bertz CT molecular complexity index is 505. The zero-order chi connectivity index (χ0) is 14.5. The fraction of sp³-hybridized carbons (Fsp3) is 0.583. The lowest BCUT2D eigenvalue weighted by Crippen LogP contribution is -2.37. The normalized spacial score (nSPS) is 13.5. The molecule has 1 aromatic heterocycles. The second-order valence-corrected chi connectivity index (χ2v) is 7.10. The van der Waals surface area contributed by atoms with E-state index in [0.29, 0.717) is 12.2 Å². The first-order valence-electron chi connectivity index (χ1n) is 6.10. The molecule has 0 bridgehead atoms. The minimum Gasteiger partial charge on any atom is -0.384 e. The number of thioether (sulfide) groups is 1. The van der Waals surface area contributed by atoms with Crippen molar-refractivity contribution >= 4 is 27.5 Å². The van der Waals surface area contributed by atoms with E-state index in [4.69, 9.17) is 0 Å². The third-order valence-corrected chi connectivity index (χ3v) is 5.65. The zero-order valence-electron chi connectivity index (χ0n) is 11.8. The summed E-state index contributed by atoms with van der Waals surface area (Å²) in [5.74, 6) is 0.756. The molecule has 0 amide bonds. The molecule has 0 aromatic carbocycles. The van der Waals surface area contributed by atoms with Crippen LogP contribution in [-0.4, -0.2) is 49.3 Å². The third-order valence-electron chi connectivity index (χ3n) is 2.84. The Balaban J connectivity index is 3.12. The number of anilines is 1. The molecule has 1 atom stereocenters. The van der Waals surface area contributed by atoms with Crippen molar-refractivity contribution in [2.24, 2.45) is 0 Å². The summed E-state index contributed by atoms with van der Waals surface area (Å²) in [6, 6.07) is 1.62. The number of hydrogen-bond donors (Lipinski definition) is 1. The topological polar surface area (TPSA) is 62.3 Å². The molecule has 1 rings (SSSR count). The number of hydrogen-bond acceptors (Lipinski definition) is 5. The number of aromatic nitrogens is 1. The molecular formula is C12H21N3O2S2. The van der Waals surface area contributed by atoms with Crippen molar-refractivity contribution in [3.8, 4) is 0 Å². The highest BCUT2D eigenvalue weighted by molar-refractivity contribution is 7.98. The lowest BCUT2D eigenvalue weighted by Gasteiger charge is -2.24. The van der Waals surface area contributed by atoms with Crippen LogP contribution in [0, 0.1) is 0 Å². The van der Waals surface area contributed by atoms with Crippen LogP contribution in [0.25, 0.3) is 0 Å². The van der Waals surface area contributed by atoms with E-state index >= 15 is 0 Å². The van der Waals surface area contributed by atoms with Crippen molar-refractivity contribution in [3.05, 3.63) is 18.5 Å². The highest BCUT2D eigenvalue weighted by Crippen LogP contribution is 2.24. The second kappa shape index (κ2) is 7.12. The van der Waals surface area contributed by atoms with Crippen LogP contribution in [0.2, 0.25) is 0 Å². The van der Waals surface area contributed by atoms with Gasteiger partial charge in [0.15, 0.2) is 0 Å². The summed E-state index contributed by atoms with van der Waals surface area (Å²) in [5, 5.41) is 3.06. The first-order valence-corrected chi connectivity index (χ1v) is 8.93. The van der Waals surface area contributed by atoms with Crippen LogP contribution in [-0.2, 0) is 10.0 Å². The van der Waals surface area contributed by atoms with Crippen molar-refractivity contribution in [1.82, 2.24) is 9.29 Å². The van der Waals surface area contributed by atoms with Crippen LogP contribution in [0.3, 0.4) is 0 Å². The highest BCUT2D eigenvalue weighted by atomic mass is 32.2. The molecule has 7 heteroatoms. The molecule has 1 unspecified atom stereocenters. The molecule has 108 valence electrons. The van der Waals surface area contributed by atoms with Gasteiger partial charge in [0, 0.05) is 37.8 Å². The van der Waals surface area contributed by atoms with E-state index in [2.05, 4.69) is 10.3 Å². The van der Waals surface area contributed by atoms with Gasteiger partial charge in [0.1, 0.15) is 4.90 Å². The molecule has 0 spiro atoms. The quantitative estimate of drug-likeness (QED) is 0.833. The van der Waals surface area contributed by atoms with Gasteiger partial charge in [-0.3, -0.25) is 4.98 Å². The summed E-state index contributed by atoms with van der Waals surface area (Å²) in [5.41, 5.74) is 0.598. The molecule has 0 saturated carbocycles. The Hall–Kier alpha value is -0.790. The summed E-state index contributed by atoms with van der Waals surface area (Å²) in [6.45, 7) is 4.49. The maximum atomic E-state index is 12.6. The average molecular weight is 303 g/mol. The van der Waals surface area contributed by atoms with Crippen LogP contribution in [0.5, 0.6) is 0 Å². The van der Waals surface area contributed by atoms with E-state index in [-0.39, 0.29) is 10.9 Å². The summed E-state index contributed by atoms with van der Waals surface area (Å²) in [4.78, 5) is 4.16. The molecule has 0 radical (unpaired) electrons. The number of pyridine rings is 1. The van der Waals surface area contributed by atoms with Gasteiger partial charge in [0.25, 0.3) is 0 Å². The van der Waals surface area contributed by atoms with E-state index < -0.39 is 10.0 Å². The molecule has 0 aliphatic heterocycles. The van der Waals surface area contributed by atoms with Crippen molar-refractivity contribution in [2.75, 3.05) is 30.9 Å². The molecule has 0 aliphatic carbocycles. The Morgan fingerprint density at radius 2 is 2.21 bits per heavy atom. The molecular weight excluding hydrogens is 282 g/mol. The summed E-state index contributed by atoms with van der Waals surface area (Å²) in [6.07, 6.45) is 4.95. The van der Waals surface area contributed by atoms with Crippen LogP contribution >= 0.6 is 11.8 Å². The Morgan fingerprint density at radius 1 is 1.53 bits per heavy atom. The van der Waals surface area contributed by atoms with E-state index in [1.807, 2.05) is 20.1 Å². The van der Waals surface area contributed by atoms with Crippen LogP contribution < -0.4 is 5.32 Å². The standard InChI is InChI=1S/C12H21N3O2S2/c1-5-14-11-6-7-13-8-12(11)19(16,17)15(3)10(2)9-18-4/h6-8,10H,5,9H2,1-4H3,(H,13,14). The van der Waals surface area contributed by atoms with E-state index in [9.17, 15) is 8.42 Å². The third kappa shape index (κ3) is 3.84. The van der Waals surface area contributed by atoms with E-state index in [1.165, 1.54) is 10.5 Å². The van der Waals surface area contributed by atoms with Gasteiger partial charge in [-0.15, -0.1) is 0 Å². The summed E-state index contributed by atoms with van der Waals surface area (Å²) < 4.78 is 26.6. The Kier molecular flexibility index (Phi) is 6.09. The lowest BCUT2D eigenvalue weighted by atomic mass is 10.4. The first-order chi connectivity index (χ1) is 8.95. The van der Waals surface area contributed by atoms with Crippen molar-refractivity contribution in [3.63, 3.8) is 0 Å². The maximum Gasteiger partial charge on any atom is 0.246 e. The maximum absolute atomic E-state index is 12.6. The predicted octanol–water partition coefficient (Wildman–Crippen LogP) is 1.89. The van der Waals surface area contributed by atoms with Gasteiger partial charge in [-0.25, -0.2) is 8.42 Å². The van der Waals surface area contributed by atoms with Gasteiger partial charge in [-0.1, -0.05) is 0 Å². The number of rotatable bonds is 7. The molecule has 19 heavy (non-hydrogen) atoms. The molecule has 0 fully saturated rings. The smallest absolute Gasteiger partial charge is 0.246 e. The van der Waals surface area contributed by atoms with Gasteiger partial charge >= 0.3 is 0 Å². The minimum absolute atomic E-state index is 0.0605. The number of nitrogens with zero attached hydrogens (tertiary/aromatic N) is 2. The van der Waals surface area contributed by atoms with Gasteiger partial charge in [-0.2, -0.15) is 16.1 Å². The van der Waals surface area contributed by atoms with Gasteiger partial charge in [0.2, 0.25) is 10.0 Å². The van der Waals surface area contributed by atoms with Crippen molar-refractivity contribution in [2.45, 2.75) is 24.8 Å². The van der Waals surface area contributed by atoms with Gasteiger partial charge in [0.05, 0.1) is 5.69 Å². The SMILES string of the molecule is CCNc1ccncc1S(=O)(=O)N(C)C(C)CSC. The zero-order valence-corrected chi connectivity index (χ0v) is 13.4. The summed E-state index contributed by atoms with van der Waals surface area (Å²) >= 11 is 1.63. The van der Waals surface area contributed by atoms with Crippen LogP contribution in [0.1, 0.15) is 13.8 Å². The van der Waals surface area contributed by atoms with Gasteiger partial charge in [-0.05, 0) is 26.2 Å².